The van der Waals surface area contributed by atoms with Crippen LogP contribution in [-0.4, -0.2) is 44.3 Å². The summed E-state index contributed by atoms with van der Waals surface area (Å²) >= 11 is 2.80. The van der Waals surface area contributed by atoms with Gasteiger partial charge in [0.2, 0.25) is 5.91 Å². The smallest absolute Gasteiger partial charge is 0.261 e. The summed E-state index contributed by atoms with van der Waals surface area (Å²) in [7, 11) is -3.64. The first-order valence-electron chi connectivity index (χ1n) is 9.49. The molecular formula is C20H21N3O4S3. The molecule has 3 aromatic rings. The van der Waals surface area contributed by atoms with Gasteiger partial charge in [-0.25, -0.2) is 13.4 Å². The first kappa shape index (κ1) is 21.1. The van der Waals surface area contributed by atoms with Gasteiger partial charge < -0.3 is 10.1 Å². The quantitative estimate of drug-likeness (QED) is 0.497. The van der Waals surface area contributed by atoms with Crippen LogP contribution in [0.15, 0.2) is 57.8 Å². The van der Waals surface area contributed by atoms with Crippen LogP contribution in [0.1, 0.15) is 12.8 Å². The predicted molar refractivity (Wildman–Crippen MR) is 120 cm³/mol. The van der Waals surface area contributed by atoms with Crippen molar-refractivity contribution in [1.29, 1.82) is 0 Å². The summed E-state index contributed by atoms with van der Waals surface area (Å²) in [6.07, 6.45) is 2.16. The summed E-state index contributed by atoms with van der Waals surface area (Å²) in [5.41, 5.74) is 1.24. The Morgan fingerprint density at radius 3 is 2.83 bits per heavy atom. The van der Waals surface area contributed by atoms with Gasteiger partial charge >= 0.3 is 0 Å². The van der Waals surface area contributed by atoms with Gasteiger partial charge in [-0.05, 0) is 43.2 Å². The molecule has 1 atom stereocenters. The van der Waals surface area contributed by atoms with Crippen molar-refractivity contribution >= 4 is 54.9 Å². The zero-order chi connectivity index (χ0) is 21.0. The van der Waals surface area contributed by atoms with Gasteiger partial charge in [-0.1, -0.05) is 30.0 Å². The molecule has 1 saturated heterocycles. The first-order chi connectivity index (χ1) is 14.5. The maximum absolute atomic E-state index is 12.5. The predicted octanol–water partition coefficient (Wildman–Crippen LogP) is 3.48. The molecule has 2 aromatic carbocycles. The third-order valence-electron chi connectivity index (χ3n) is 4.55. The van der Waals surface area contributed by atoms with Crippen molar-refractivity contribution < 1.29 is 17.9 Å². The SMILES string of the molecule is O=C(CSc1nc2ccc(NS(=O)(=O)c3ccccc3)cc2s1)NC[C@@H]1CCCO1. The molecule has 10 heteroatoms. The van der Waals surface area contributed by atoms with Gasteiger partial charge in [0.15, 0.2) is 4.34 Å². The molecule has 0 unspecified atom stereocenters. The van der Waals surface area contributed by atoms with Crippen molar-refractivity contribution in [3.63, 3.8) is 0 Å². The second-order valence-corrected chi connectivity index (χ2v) is 10.7. The fourth-order valence-corrected chi connectivity index (χ4v) is 6.06. The number of fused-ring (bicyclic) bond motifs is 1. The molecule has 2 N–H and O–H groups in total. The standard InChI is InChI=1S/C20H21N3O4S3/c24-19(21-12-15-5-4-10-27-15)13-28-20-22-17-9-8-14(11-18(17)29-20)23-30(25,26)16-6-2-1-3-7-16/h1-3,6-9,11,15,23H,4-5,10,12-13H2,(H,21,24)/t15-/m0/s1. The molecule has 158 valence electrons. The summed E-state index contributed by atoms with van der Waals surface area (Å²) in [5, 5.41) is 2.89. The maximum atomic E-state index is 12.5. The summed E-state index contributed by atoms with van der Waals surface area (Å²) in [6, 6.07) is 13.4. The van der Waals surface area contributed by atoms with Crippen molar-refractivity contribution in [2.45, 2.75) is 28.2 Å². The Morgan fingerprint density at radius 1 is 1.23 bits per heavy atom. The van der Waals surface area contributed by atoms with E-state index in [1.165, 1.54) is 23.1 Å². The normalized spacial score (nSPS) is 16.6. The summed E-state index contributed by atoms with van der Waals surface area (Å²) in [4.78, 5) is 16.8. The number of hydrogen-bond acceptors (Lipinski definition) is 7. The molecule has 1 aromatic heterocycles. The molecule has 7 nitrogen and oxygen atoms in total. The average Bonchev–Trinajstić information content (AvgIpc) is 3.40. The first-order valence-corrected chi connectivity index (χ1v) is 12.8. The molecule has 1 aliphatic heterocycles. The lowest BCUT2D eigenvalue weighted by Crippen LogP contribution is -2.32. The fourth-order valence-electron chi connectivity index (χ4n) is 3.05. The van der Waals surface area contributed by atoms with Gasteiger partial charge in [-0.2, -0.15) is 0 Å². The number of carbonyl (C=O) groups excluding carboxylic acids is 1. The Morgan fingerprint density at radius 2 is 2.07 bits per heavy atom. The van der Waals surface area contributed by atoms with Gasteiger partial charge in [0.25, 0.3) is 10.0 Å². The van der Waals surface area contributed by atoms with Crippen molar-refractivity contribution in [1.82, 2.24) is 10.3 Å². The molecule has 1 fully saturated rings. The highest BCUT2D eigenvalue weighted by Crippen LogP contribution is 2.31. The molecule has 0 aliphatic carbocycles. The van der Waals surface area contributed by atoms with Crippen molar-refractivity contribution in [3.05, 3.63) is 48.5 Å². The molecule has 1 aliphatic rings. The number of sulfonamides is 1. The zero-order valence-electron chi connectivity index (χ0n) is 16.0. The van der Waals surface area contributed by atoms with Crippen LogP contribution in [0, 0.1) is 0 Å². The molecular weight excluding hydrogens is 442 g/mol. The Hall–Kier alpha value is -2.14. The number of rotatable bonds is 8. The van der Waals surface area contributed by atoms with Gasteiger partial charge in [0.1, 0.15) is 0 Å². The van der Waals surface area contributed by atoms with E-state index in [0.717, 1.165) is 34.0 Å². The molecule has 30 heavy (non-hydrogen) atoms. The van der Waals surface area contributed by atoms with E-state index in [2.05, 4.69) is 15.0 Å². The number of amides is 1. The van der Waals surface area contributed by atoms with Crippen LogP contribution < -0.4 is 10.0 Å². The summed E-state index contributed by atoms with van der Waals surface area (Å²) < 4.78 is 34.7. The lowest BCUT2D eigenvalue weighted by atomic mass is 10.2. The number of anilines is 1. The zero-order valence-corrected chi connectivity index (χ0v) is 18.5. The Labute approximate surface area is 183 Å². The van der Waals surface area contributed by atoms with Gasteiger partial charge in [-0.15, -0.1) is 11.3 Å². The highest BCUT2D eigenvalue weighted by atomic mass is 32.2. The van der Waals surface area contributed by atoms with Gasteiger partial charge in [-0.3, -0.25) is 9.52 Å². The molecule has 1 amide bonds. The van der Waals surface area contributed by atoms with E-state index in [0.29, 0.717) is 12.2 Å². The minimum Gasteiger partial charge on any atom is -0.376 e. The number of thiazole rings is 1. The Balaban J connectivity index is 1.37. The van der Waals surface area contributed by atoms with E-state index in [1.54, 1.807) is 48.5 Å². The van der Waals surface area contributed by atoms with Crippen LogP contribution >= 0.6 is 23.1 Å². The van der Waals surface area contributed by atoms with Crippen molar-refractivity contribution in [2.75, 3.05) is 23.6 Å². The van der Waals surface area contributed by atoms with E-state index in [4.69, 9.17) is 4.74 Å². The largest absolute Gasteiger partial charge is 0.376 e. The van der Waals surface area contributed by atoms with Gasteiger partial charge in [0.05, 0.1) is 32.7 Å². The fraction of sp³-hybridized carbons (Fsp3) is 0.300. The van der Waals surface area contributed by atoms with E-state index >= 15 is 0 Å². The molecule has 0 spiro atoms. The molecule has 0 radical (unpaired) electrons. The van der Waals surface area contributed by atoms with Crippen molar-refractivity contribution in [3.8, 4) is 0 Å². The summed E-state index contributed by atoms with van der Waals surface area (Å²) in [5.74, 6) is 0.228. The minimum absolute atomic E-state index is 0.0499. The Bertz CT molecular complexity index is 1130. The van der Waals surface area contributed by atoms with E-state index in [-0.39, 0.29) is 22.7 Å². The lowest BCUT2D eigenvalue weighted by Gasteiger charge is -2.09. The Kier molecular flexibility index (Phi) is 6.57. The monoisotopic (exact) mass is 463 g/mol. The van der Waals surface area contributed by atoms with E-state index in [9.17, 15) is 13.2 Å². The second kappa shape index (κ2) is 9.34. The lowest BCUT2D eigenvalue weighted by molar-refractivity contribution is -0.119. The highest BCUT2D eigenvalue weighted by molar-refractivity contribution is 8.01. The van der Waals surface area contributed by atoms with Crippen LogP contribution in [0.4, 0.5) is 5.69 Å². The topological polar surface area (TPSA) is 97.4 Å². The van der Waals surface area contributed by atoms with Gasteiger partial charge in [0, 0.05) is 13.2 Å². The number of aromatic nitrogens is 1. The van der Waals surface area contributed by atoms with E-state index < -0.39 is 10.0 Å². The number of thioether (sulfide) groups is 1. The number of nitrogens with one attached hydrogen (secondary N) is 2. The van der Waals surface area contributed by atoms with E-state index in [1.807, 2.05) is 0 Å². The van der Waals surface area contributed by atoms with Crippen molar-refractivity contribution in [2.24, 2.45) is 0 Å². The number of nitrogens with zero attached hydrogens (tertiary/aromatic N) is 1. The van der Waals surface area contributed by atoms with Crippen LogP contribution in [0.25, 0.3) is 10.2 Å². The minimum atomic E-state index is -3.64. The van der Waals surface area contributed by atoms with Crippen LogP contribution in [0.5, 0.6) is 0 Å². The number of benzene rings is 2. The number of hydrogen-bond donors (Lipinski definition) is 2. The third-order valence-corrected chi connectivity index (χ3v) is 8.11. The average molecular weight is 464 g/mol. The molecule has 2 heterocycles. The van der Waals surface area contributed by atoms with Crippen LogP contribution in [-0.2, 0) is 19.6 Å². The third kappa shape index (κ3) is 5.31. The number of carbonyl (C=O) groups is 1. The van der Waals surface area contributed by atoms with Crippen LogP contribution in [0.3, 0.4) is 0 Å². The van der Waals surface area contributed by atoms with Crippen LogP contribution in [0.2, 0.25) is 0 Å². The number of ether oxygens (including phenoxy) is 1. The molecule has 4 rings (SSSR count). The molecule has 0 saturated carbocycles. The second-order valence-electron chi connectivity index (χ2n) is 6.81. The summed E-state index contributed by atoms with van der Waals surface area (Å²) in [6.45, 7) is 1.31. The maximum Gasteiger partial charge on any atom is 0.261 e. The highest BCUT2D eigenvalue weighted by Gasteiger charge is 2.17. The molecule has 0 bridgehead atoms.